The van der Waals surface area contributed by atoms with Gasteiger partial charge in [0.25, 0.3) is 0 Å². The van der Waals surface area contributed by atoms with E-state index in [4.69, 9.17) is 15.2 Å². The van der Waals surface area contributed by atoms with Crippen LogP contribution in [0.15, 0.2) is 22.7 Å². The van der Waals surface area contributed by atoms with Crippen LogP contribution >= 0.6 is 15.9 Å². The summed E-state index contributed by atoms with van der Waals surface area (Å²) in [7, 11) is 0. The molecule has 0 spiro atoms. The number of hydrogen-bond acceptors (Lipinski definition) is 3. The topological polar surface area (TPSA) is 61.6 Å². The fraction of sp³-hybridized carbons (Fsp3) is 0.364. The molecule has 0 aromatic heterocycles. The highest BCUT2D eigenvalue weighted by Gasteiger charge is 2.43. The molecule has 1 unspecified atom stereocenters. The van der Waals surface area contributed by atoms with Crippen LogP contribution in [0.3, 0.4) is 0 Å². The van der Waals surface area contributed by atoms with Crippen molar-refractivity contribution in [3.8, 4) is 5.75 Å². The van der Waals surface area contributed by atoms with E-state index in [2.05, 4.69) is 15.9 Å². The van der Waals surface area contributed by atoms with Gasteiger partial charge in [-0.1, -0.05) is 15.9 Å². The van der Waals surface area contributed by atoms with Crippen molar-refractivity contribution in [2.24, 2.45) is 5.73 Å². The molecule has 2 N–H and O–H groups in total. The van der Waals surface area contributed by atoms with Crippen molar-refractivity contribution in [1.29, 1.82) is 0 Å². The number of carbonyl (C=O) groups excluding carboxylic acids is 1. The monoisotopic (exact) mass is 285 g/mol. The molecule has 0 bridgehead atoms. The quantitative estimate of drug-likeness (QED) is 0.863. The lowest BCUT2D eigenvalue weighted by Gasteiger charge is -2.25. The van der Waals surface area contributed by atoms with Crippen molar-refractivity contribution in [3.63, 3.8) is 0 Å². The molecule has 0 saturated carbocycles. The molecule has 0 radical (unpaired) electrons. The van der Waals surface area contributed by atoms with Gasteiger partial charge in [0.05, 0.1) is 0 Å². The zero-order chi connectivity index (χ0) is 11.9. The van der Waals surface area contributed by atoms with Crippen molar-refractivity contribution >= 4 is 22.0 Å². The van der Waals surface area contributed by atoms with Crippen LogP contribution in [0, 0.1) is 0 Å². The summed E-state index contributed by atoms with van der Waals surface area (Å²) in [6.07, 6.45) is -1.27. The van der Waals surface area contributed by atoms with Crippen LogP contribution < -0.4 is 10.5 Å². The van der Waals surface area contributed by atoms with Crippen LogP contribution in [0.2, 0.25) is 0 Å². The van der Waals surface area contributed by atoms with Gasteiger partial charge in [0.15, 0.2) is 6.10 Å². The smallest absolute Gasteiger partial charge is 0.405 e. The molecule has 4 nitrogen and oxygen atoms in total. The van der Waals surface area contributed by atoms with E-state index in [-0.39, 0.29) is 0 Å². The largest absolute Gasteiger partial charge is 0.483 e. The van der Waals surface area contributed by atoms with Crippen molar-refractivity contribution in [3.05, 3.63) is 28.2 Å². The highest BCUT2D eigenvalue weighted by molar-refractivity contribution is 9.10. The molecule has 16 heavy (non-hydrogen) atoms. The Morgan fingerprint density at radius 2 is 2.25 bits per heavy atom. The highest BCUT2D eigenvalue weighted by Crippen LogP contribution is 2.45. The highest BCUT2D eigenvalue weighted by atomic mass is 79.9. The lowest BCUT2D eigenvalue weighted by molar-refractivity contribution is -0.0100. The first-order valence-electron chi connectivity index (χ1n) is 4.85. The number of benzene rings is 1. The molecule has 0 saturated heterocycles. The molecule has 5 heteroatoms. The third-order valence-corrected chi connectivity index (χ3v) is 2.99. The van der Waals surface area contributed by atoms with E-state index < -0.39 is 17.8 Å². The molecule has 1 aromatic rings. The van der Waals surface area contributed by atoms with Gasteiger partial charge < -0.3 is 15.2 Å². The number of amides is 1. The molecule has 1 aromatic carbocycles. The van der Waals surface area contributed by atoms with E-state index in [1.807, 2.05) is 32.0 Å². The molecular weight excluding hydrogens is 274 g/mol. The van der Waals surface area contributed by atoms with Gasteiger partial charge in [0, 0.05) is 10.0 Å². The SMILES string of the molecule is CC1(C)Oc2ccc(Br)cc2C1OC(N)=O. The number of halogens is 1. The van der Waals surface area contributed by atoms with Gasteiger partial charge in [-0.2, -0.15) is 0 Å². The van der Waals surface area contributed by atoms with Crippen LogP contribution in [-0.4, -0.2) is 11.7 Å². The Morgan fingerprint density at radius 1 is 1.56 bits per heavy atom. The summed E-state index contributed by atoms with van der Waals surface area (Å²) >= 11 is 3.37. The summed E-state index contributed by atoms with van der Waals surface area (Å²) < 4.78 is 11.7. The van der Waals surface area contributed by atoms with Gasteiger partial charge >= 0.3 is 6.09 Å². The predicted octanol–water partition coefficient (Wildman–Crippen LogP) is 2.76. The van der Waals surface area contributed by atoms with Crippen molar-refractivity contribution in [1.82, 2.24) is 0 Å². The minimum atomic E-state index is -0.797. The zero-order valence-corrected chi connectivity index (χ0v) is 10.6. The average molecular weight is 286 g/mol. The fourth-order valence-electron chi connectivity index (χ4n) is 1.85. The Bertz CT molecular complexity index is 445. The molecule has 0 aliphatic carbocycles. The Hall–Kier alpha value is -1.23. The number of ether oxygens (including phenoxy) is 2. The lowest BCUT2D eigenvalue weighted by atomic mass is 9.97. The second kappa shape index (κ2) is 3.66. The molecule has 2 rings (SSSR count). The first-order valence-corrected chi connectivity index (χ1v) is 5.64. The van der Waals surface area contributed by atoms with Gasteiger partial charge in [-0.15, -0.1) is 0 Å². The van der Waals surface area contributed by atoms with Crippen molar-refractivity contribution in [2.45, 2.75) is 25.6 Å². The fourth-order valence-corrected chi connectivity index (χ4v) is 2.23. The van der Waals surface area contributed by atoms with Gasteiger partial charge in [-0.25, -0.2) is 4.79 Å². The number of nitrogens with two attached hydrogens (primary N) is 1. The van der Waals surface area contributed by atoms with Gasteiger partial charge in [-0.3, -0.25) is 0 Å². The van der Waals surface area contributed by atoms with E-state index in [1.165, 1.54) is 0 Å². The van der Waals surface area contributed by atoms with Crippen LogP contribution in [0.5, 0.6) is 5.75 Å². The van der Waals surface area contributed by atoms with Crippen molar-refractivity contribution < 1.29 is 14.3 Å². The molecule has 1 atom stereocenters. The van der Waals surface area contributed by atoms with Gasteiger partial charge in [0.1, 0.15) is 11.4 Å². The van der Waals surface area contributed by atoms with E-state index in [9.17, 15) is 4.79 Å². The molecule has 1 aliphatic heterocycles. The van der Waals surface area contributed by atoms with E-state index in [0.29, 0.717) is 0 Å². The molecule has 1 amide bonds. The maximum Gasteiger partial charge on any atom is 0.405 e. The molecule has 1 heterocycles. The molecule has 86 valence electrons. The van der Waals surface area contributed by atoms with Crippen LogP contribution in [0.25, 0.3) is 0 Å². The average Bonchev–Trinajstić information content (AvgIpc) is 2.38. The summed E-state index contributed by atoms with van der Waals surface area (Å²) in [5, 5.41) is 0. The third-order valence-electron chi connectivity index (χ3n) is 2.49. The molecular formula is C11H12BrNO3. The lowest BCUT2D eigenvalue weighted by Crippen LogP contribution is -2.34. The van der Waals surface area contributed by atoms with Crippen LogP contribution in [-0.2, 0) is 4.74 Å². The third kappa shape index (κ3) is 1.87. The van der Waals surface area contributed by atoms with Gasteiger partial charge in [-0.05, 0) is 32.0 Å². The Balaban J connectivity index is 2.43. The molecule has 1 aliphatic rings. The zero-order valence-electron chi connectivity index (χ0n) is 8.99. The van der Waals surface area contributed by atoms with E-state index >= 15 is 0 Å². The number of fused-ring (bicyclic) bond motifs is 1. The van der Waals surface area contributed by atoms with E-state index in [1.54, 1.807) is 0 Å². The minimum Gasteiger partial charge on any atom is -0.483 e. The second-order valence-corrected chi connectivity index (χ2v) is 5.12. The Kier molecular flexibility index (Phi) is 2.58. The first-order chi connectivity index (χ1) is 7.40. The van der Waals surface area contributed by atoms with Crippen molar-refractivity contribution in [2.75, 3.05) is 0 Å². The number of rotatable bonds is 1. The Morgan fingerprint density at radius 3 is 2.88 bits per heavy atom. The summed E-state index contributed by atoms with van der Waals surface area (Å²) in [5.74, 6) is 0.722. The normalized spacial score (nSPS) is 21.1. The molecule has 0 fully saturated rings. The number of primary amides is 1. The second-order valence-electron chi connectivity index (χ2n) is 4.20. The summed E-state index contributed by atoms with van der Waals surface area (Å²) in [6, 6.07) is 5.59. The standard InChI is InChI=1S/C11H12BrNO3/c1-11(2)9(15-10(13)14)7-5-6(12)3-4-8(7)16-11/h3-5,9H,1-2H3,(H2,13,14). The summed E-state index contributed by atoms with van der Waals surface area (Å²) in [5.41, 5.74) is 5.29. The number of carbonyl (C=O) groups is 1. The number of hydrogen-bond donors (Lipinski definition) is 1. The summed E-state index contributed by atoms with van der Waals surface area (Å²) in [4.78, 5) is 10.9. The first kappa shape index (κ1) is 11.3. The minimum absolute atomic E-state index is 0.475. The maximum absolute atomic E-state index is 10.9. The summed E-state index contributed by atoms with van der Waals surface area (Å²) in [6.45, 7) is 3.71. The van der Waals surface area contributed by atoms with Crippen LogP contribution in [0.1, 0.15) is 25.5 Å². The van der Waals surface area contributed by atoms with Gasteiger partial charge in [0.2, 0.25) is 0 Å². The van der Waals surface area contributed by atoms with Crippen LogP contribution in [0.4, 0.5) is 4.79 Å². The van der Waals surface area contributed by atoms with E-state index in [0.717, 1.165) is 15.8 Å². The Labute approximate surface area is 102 Å². The predicted molar refractivity (Wildman–Crippen MR) is 62.3 cm³/mol. The maximum atomic E-state index is 10.9.